The summed E-state index contributed by atoms with van der Waals surface area (Å²) in [6.45, 7) is 0.160. The van der Waals surface area contributed by atoms with Gasteiger partial charge in [-0.05, 0) is 25.0 Å². The number of ether oxygens (including phenoxy) is 2. The van der Waals surface area contributed by atoms with Crippen LogP contribution in [-0.4, -0.2) is 29.4 Å². The first-order chi connectivity index (χ1) is 10.1. The number of carboxylic acids is 1. The zero-order valence-electron chi connectivity index (χ0n) is 11.3. The fourth-order valence-electron chi connectivity index (χ4n) is 2.72. The minimum atomic E-state index is -1.15. The molecule has 1 aromatic rings. The van der Waals surface area contributed by atoms with Gasteiger partial charge in [0.25, 0.3) is 0 Å². The fraction of sp³-hybridized carbons (Fsp3) is 0.429. The molecule has 2 amide bonds. The van der Waals surface area contributed by atoms with Gasteiger partial charge in [-0.2, -0.15) is 0 Å². The van der Waals surface area contributed by atoms with Crippen molar-refractivity contribution in [1.82, 2.24) is 5.32 Å². The molecule has 3 rings (SSSR count). The first-order valence-electron chi connectivity index (χ1n) is 6.81. The zero-order chi connectivity index (χ0) is 14.9. The molecule has 1 fully saturated rings. The summed E-state index contributed by atoms with van der Waals surface area (Å²) in [4.78, 5) is 23.4. The van der Waals surface area contributed by atoms with Crippen molar-refractivity contribution in [3.8, 4) is 11.5 Å². The Balaban J connectivity index is 1.67. The van der Waals surface area contributed by atoms with Crippen molar-refractivity contribution in [2.24, 2.45) is 0 Å². The Morgan fingerprint density at radius 3 is 2.57 bits per heavy atom. The van der Waals surface area contributed by atoms with Crippen LogP contribution in [0.1, 0.15) is 25.7 Å². The molecule has 0 aromatic heterocycles. The van der Waals surface area contributed by atoms with E-state index in [9.17, 15) is 14.7 Å². The molecule has 0 radical (unpaired) electrons. The quantitative estimate of drug-likeness (QED) is 0.791. The van der Waals surface area contributed by atoms with Gasteiger partial charge >= 0.3 is 12.0 Å². The topological polar surface area (TPSA) is 96.9 Å². The number of hydrogen-bond acceptors (Lipinski definition) is 4. The number of amides is 2. The van der Waals surface area contributed by atoms with E-state index in [1.807, 2.05) is 0 Å². The van der Waals surface area contributed by atoms with Crippen molar-refractivity contribution >= 4 is 17.7 Å². The molecule has 1 heterocycles. The second kappa shape index (κ2) is 5.16. The predicted molar refractivity (Wildman–Crippen MR) is 73.6 cm³/mol. The summed E-state index contributed by atoms with van der Waals surface area (Å²) in [5.74, 6) is 0.196. The molecule has 7 heteroatoms. The largest absolute Gasteiger partial charge is 0.480 e. The fourth-order valence-corrected chi connectivity index (χ4v) is 2.72. The maximum absolute atomic E-state index is 12.0. The highest BCUT2D eigenvalue weighted by Crippen LogP contribution is 2.34. The number of rotatable bonds is 3. The third-order valence-electron chi connectivity index (χ3n) is 3.85. The monoisotopic (exact) mass is 292 g/mol. The lowest BCUT2D eigenvalue weighted by atomic mass is 9.98. The molecule has 1 saturated carbocycles. The van der Waals surface area contributed by atoms with E-state index in [1.54, 1.807) is 18.2 Å². The second-order valence-corrected chi connectivity index (χ2v) is 5.24. The predicted octanol–water partition coefficient (Wildman–Crippen LogP) is 1.93. The number of hydrogen-bond donors (Lipinski definition) is 3. The van der Waals surface area contributed by atoms with Crippen molar-refractivity contribution in [2.45, 2.75) is 31.2 Å². The first-order valence-corrected chi connectivity index (χ1v) is 6.81. The summed E-state index contributed by atoms with van der Waals surface area (Å²) in [7, 11) is 0. The summed E-state index contributed by atoms with van der Waals surface area (Å²) < 4.78 is 10.4. The molecule has 0 atom stereocenters. The van der Waals surface area contributed by atoms with Crippen LogP contribution in [0.3, 0.4) is 0 Å². The molecule has 2 aliphatic rings. The molecular formula is C14H16N2O5. The molecule has 7 nitrogen and oxygen atoms in total. The highest BCUT2D eigenvalue weighted by molar-refractivity contribution is 5.94. The van der Waals surface area contributed by atoms with Gasteiger partial charge in [-0.1, -0.05) is 12.8 Å². The van der Waals surface area contributed by atoms with Gasteiger partial charge < -0.3 is 25.2 Å². The van der Waals surface area contributed by atoms with Gasteiger partial charge in [0.15, 0.2) is 11.5 Å². The molecule has 1 aromatic carbocycles. The number of aliphatic carboxylic acids is 1. The average Bonchev–Trinajstić information content (AvgIpc) is 3.07. The number of nitrogens with one attached hydrogen (secondary N) is 2. The molecule has 0 bridgehead atoms. The van der Waals surface area contributed by atoms with E-state index in [0.717, 1.165) is 12.8 Å². The van der Waals surface area contributed by atoms with Gasteiger partial charge in [0.2, 0.25) is 6.79 Å². The van der Waals surface area contributed by atoms with Crippen LogP contribution in [0.2, 0.25) is 0 Å². The molecule has 1 aliphatic carbocycles. The number of carboxylic acid groups (broad SMARTS) is 1. The third-order valence-corrected chi connectivity index (χ3v) is 3.85. The Kier molecular flexibility index (Phi) is 3.32. The molecule has 1 aliphatic heterocycles. The Hall–Kier alpha value is -2.44. The van der Waals surface area contributed by atoms with Crippen LogP contribution < -0.4 is 20.1 Å². The lowest BCUT2D eigenvalue weighted by molar-refractivity contribution is -0.144. The number of carbonyl (C=O) groups is 2. The van der Waals surface area contributed by atoms with E-state index in [1.165, 1.54) is 0 Å². The average molecular weight is 292 g/mol. The Morgan fingerprint density at radius 2 is 1.86 bits per heavy atom. The highest BCUT2D eigenvalue weighted by atomic mass is 16.7. The standard InChI is InChI=1S/C14H16N2O5/c17-12(18)14(5-1-2-6-14)16-13(19)15-9-3-4-10-11(7-9)21-8-20-10/h3-4,7H,1-2,5-6,8H2,(H,17,18)(H2,15,16,19). The van der Waals surface area contributed by atoms with Crippen LogP contribution in [0.15, 0.2) is 18.2 Å². The zero-order valence-corrected chi connectivity index (χ0v) is 11.3. The van der Waals surface area contributed by atoms with Crippen molar-refractivity contribution < 1.29 is 24.2 Å². The minimum Gasteiger partial charge on any atom is -0.480 e. The maximum Gasteiger partial charge on any atom is 0.329 e. The molecule has 0 saturated heterocycles. The molecule has 0 unspecified atom stereocenters. The van der Waals surface area contributed by atoms with Crippen molar-refractivity contribution in [1.29, 1.82) is 0 Å². The molecule has 3 N–H and O–H groups in total. The van der Waals surface area contributed by atoms with Crippen LogP contribution in [-0.2, 0) is 4.79 Å². The van der Waals surface area contributed by atoms with Crippen LogP contribution in [0.4, 0.5) is 10.5 Å². The van der Waals surface area contributed by atoms with Crippen molar-refractivity contribution in [2.75, 3.05) is 12.1 Å². The van der Waals surface area contributed by atoms with Crippen molar-refractivity contribution in [3.63, 3.8) is 0 Å². The maximum atomic E-state index is 12.0. The van der Waals surface area contributed by atoms with E-state index in [4.69, 9.17) is 9.47 Å². The summed E-state index contributed by atoms with van der Waals surface area (Å²) in [5, 5.41) is 14.5. The number of carbonyl (C=O) groups excluding carboxylic acids is 1. The van der Waals surface area contributed by atoms with E-state index in [2.05, 4.69) is 10.6 Å². The molecule has 21 heavy (non-hydrogen) atoms. The van der Waals surface area contributed by atoms with Crippen LogP contribution in [0, 0.1) is 0 Å². The third kappa shape index (κ3) is 2.58. The van der Waals surface area contributed by atoms with Crippen LogP contribution in [0.25, 0.3) is 0 Å². The summed E-state index contributed by atoms with van der Waals surface area (Å²) in [6.07, 6.45) is 2.51. The smallest absolute Gasteiger partial charge is 0.329 e. The highest BCUT2D eigenvalue weighted by Gasteiger charge is 2.42. The normalized spacial score (nSPS) is 18.3. The van der Waals surface area contributed by atoms with Gasteiger partial charge in [-0.15, -0.1) is 0 Å². The summed E-state index contributed by atoms with van der Waals surface area (Å²) in [5.41, 5.74) is -0.629. The summed E-state index contributed by atoms with van der Waals surface area (Å²) in [6, 6.07) is 4.48. The van der Waals surface area contributed by atoms with Gasteiger partial charge in [-0.3, -0.25) is 0 Å². The number of anilines is 1. The number of fused-ring (bicyclic) bond motifs is 1. The van der Waals surface area contributed by atoms with E-state index >= 15 is 0 Å². The summed E-state index contributed by atoms with van der Waals surface area (Å²) >= 11 is 0. The van der Waals surface area contributed by atoms with Gasteiger partial charge in [0.1, 0.15) is 5.54 Å². The Morgan fingerprint density at radius 1 is 1.14 bits per heavy atom. The van der Waals surface area contributed by atoms with E-state index in [0.29, 0.717) is 30.0 Å². The van der Waals surface area contributed by atoms with Crippen LogP contribution >= 0.6 is 0 Å². The molecular weight excluding hydrogens is 276 g/mol. The number of benzene rings is 1. The lowest BCUT2D eigenvalue weighted by Crippen LogP contribution is -2.53. The SMILES string of the molecule is O=C(Nc1ccc2c(c1)OCO2)NC1(C(=O)O)CCCC1. The molecule has 112 valence electrons. The number of urea groups is 1. The van der Waals surface area contributed by atoms with Gasteiger partial charge in [0.05, 0.1) is 0 Å². The minimum absolute atomic E-state index is 0.160. The van der Waals surface area contributed by atoms with Crippen molar-refractivity contribution in [3.05, 3.63) is 18.2 Å². The van der Waals surface area contributed by atoms with E-state index < -0.39 is 17.5 Å². The molecule has 0 spiro atoms. The Bertz CT molecular complexity index is 581. The van der Waals surface area contributed by atoms with Gasteiger partial charge in [0, 0.05) is 11.8 Å². The second-order valence-electron chi connectivity index (χ2n) is 5.24. The van der Waals surface area contributed by atoms with E-state index in [-0.39, 0.29) is 6.79 Å². The van der Waals surface area contributed by atoms with Crippen LogP contribution in [0.5, 0.6) is 11.5 Å². The first kappa shape index (κ1) is 13.5. The van der Waals surface area contributed by atoms with Gasteiger partial charge in [-0.25, -0.2) is 9.59 Å². The lowest BCUT2D eigenvalue weighted by Gasteiger charge is -2.25. The Labute approximate surface area is 121 Å².